The number of piperazine rings is 1. The third-order valence-electron chi connectivity index (χ3n) is 9.82. The molecule has 3 saturated heterocycles. The Balaban J connectivity index is 1.13. The number of nitriles is 1. The number of morpholine rings is 1. The maximum atomic E-state index is 15.7. The number of nitrogens with zero attached hydrogens (tertiary/aromatic N) is 8. The Kier molecular flexibility index (Phi) is 9.02. The number of piperidine rings is 1. The van der Waals surface area contributed by atoms with Gasteiger partial charge in [-0.1, -0.05) is 18.2 Å². The quantitative estimate of drug-likeness (QED) is 0.223. The van der Waals surface area contributed by atoms with Gasteiger partial charge in [-0.2, -0.15) is 10.4 Å². The van der Waals surface area contributed by atoms with Crippen LogP contribution in [0.5, 0.6) is 11.5 Å². The summed E-state index contributed by atoms with van der Waals surface area (Å²) in [5.74, 6) is 0.264. The molecule has 0 bridgehead atoms. The SMILES string of the molecule is CC(C)(/C=C(/C#N)C(=O)N1CCC[C@H](n2nc(-c3ccc(Oc4ccccc4)cc3F)c3c(N)ncnc32)C1)N1CCN2CCOC[C@@H]2C1. The number of ether oxygens (including phenoxy) is 2. The molecule has 0 radical (unpaired) electrons. The van der Waals surface area contributed by atoms with Crippen LogP contribution in [0.4, 0.5) is 10.2 Å². The number of amides is 1. The van der Waals surface area contributed by atoms with Gasteiger partial charge in [0.1, 0.15) is 46.8 Å². The van der Waals surface area contributed by atoms with Crippen molar-refractivity contribution in [1.82, 2.24) is 34.4 Å². The third kappa shape index (κ3) is 6.59. The number of carbonyl (C=O) groups excluding carboxylic acids is 1. The molecule has 3 fully saturated rings. The van der Waals surface area contributed by atoms with Crippen LogP contribution in [0.2, 0.25) is 0 Å². The minimum Gasteiger partial charge on any atom is -0.457 e. The second-order valence-corrected chi connectivity index (χ2v) is 13.4. The molecule has 1 amide bonds. The predicted molar refractivity (Wildman–Crippen MR) is 182 cm³/mol. The van der Waals surface area contributed by atoms with E-state index < -0.39 is 11.4 Å². The van der Waals surface area contributed by atoms with Gasteiger partial charge >= 0.3 is 0 Å². The number of aromatic nitrogens is 4. The number of hydrogen-bond acceptors (Lipinski definition) is 10. The fourth-order valence-corrected chi connectivity index (χ4v) is 7.18. The summed E-state index contributed by atoms with van der Waals surface area (Å²) < 4.78 is 28.9. The van der Waals surface area contributed by atoms with E-state index in [2.05, 4.69) is 39.7 Å². The lowest BCUT2D eigenvalue weighted by Crippen LogP contribution is -2.61. The first-order valence-corrected chi connectivity index (χ1v) is 16.7. The number of nitrogen functional groups attached to an aromatic ring is 1. The molecule has 4 aromatic rings. The molecule has 13 heteroatoms. The average Bonchev–Trinajstić information content (AvgIpc) is 3.51. The first-order valence-electron chi connectivity index (χ1n) is 16.7. The van der Waals surface area contributed by atoms with Gasteiger partial charge in [0.05, 0.1) is 24.6 Å². The van der Waals surface area contributed by atoms with E-state index in [1.54, 1.807) is 33.8 Å². The van der Waals surface area contributed by atoms with Crippen molar-refractivity contribution < 1.29 is 18.7 Å². The molecule has 0 spiro atoms. The van der Waals surface area contributed by atoms with Crippen LogP contribution in [-0.2, 0) is 9.53 Å². The molecule has 0 aliphatic carbocycles. The number of fused-ring (bicyclic) bond motifs is 2. The Labute approximate surface area is 284 Å². The third-order valence-corrected chi connectivity index (χ3v) is 9.82. The zero-order valence-corrected chi connectivity index (χ0v) is 27.8. The number of halogens is 1. The maximum absolute atomic E-state index is 15.7. The van der Waals surface area contributed by atoms with Gasteiger partial charge in [-0.3, -0.25) is 14.6 Å². The van der Waals surface area contributed by atoms with Crippen molar-refractivity contribution in [3.05, 3.63) is 72.3 Å². The highest BCUT2D eigenvalue weighted by Gasteiger charge is 2.37. The van der Waals surface area contributed by atoms with E-state index in [1.807, 2.05) is 24.3 Å². The largest absolute Gasteiger partial charge is 0.457 e. The fourth-order valence-electron chi connectivity index (χ4n) is 7.18. The highest BCUT2D eigenvalue weighted by Crippen LogP contribution is 2.36. The van der Waals surface area contributed by atoms with Gasteiger partial charge in [-0.25, -0.2) is 19.0 Å². The van der Waals surface area contributed by atoms with Crippen LogP contribution in [0, 0.1) is 17.1 Å². The fraction of sp³-hybridized carbons (Fsp3) is 0.417. The van der Waals surface area contributed by atoms with Gasteiger partial charge in [-0.05, 0) is 57.0 Å². The predicted octanol–water partition coefficient (Wildman–Crippen LogP) is 4.42. The Hall–Kier alpha value is -4.90. The minimum atomic E-state index is -0.535. The second kappa shape index (κ2) is 13.5. The van der Waals surface area contributed by atoms with E-state index in [0.29, 0.717) is 66.8 Å². The van der Waals surface area contributed by atoms with Crippen LogP contribution in [0.1, 0.15) is 32.7 Å². The normalized spacial score (nSPS) is 20.9. The molecule has 2 N–H and O–H groups in total. The molecule has 0 unspecified atom stereocenters. The molecular weight excluding hydrogens is 625 g/mol. The summed E-state index contributed by atoms with van der Waals surface area (Å²) in [4.78, 5) is 29.1. The summed E-state index contributed by atoms with van der Waals surface area (Å²) in [5.41, 5.74) is 6.93. The second-order valence-electron chi connectivity index (χ2n) is 13.4. The van der Waals surface area contributed by atoms with Gasteiger partial charge in [0.25, 0.3) is 5.91 Å². The zero-order valence-electron chi connectivity index (χ0n) is 27.8. The Bertz CT molecular complexity index is 1920. The lowest BCUT2D eigenvalue weighted by Gasteiger charge is -2.48. The van der Waals surface area contributed by atoms with Crippen molar-refractivity contribution in [3.8, 4) is 28.8 Å². The van der Waals surface area contributed by atoms with Crippen molar-refractivity contribution in [3.63, 3.8) is 0 Å². The van der Waals surface area contributed by atoms with E-state index in [0.717, 1.165) is 32.8 Å². The van der Waals surface area contributed by atoms with Crippen LogP contribution in [-0.4, -0.2) is 104 Å². The Morgan fingerprint density at radius 2 is 1.92 bits per heavy atom. The van der Waals surface area contributed by atoms with Crippen molar-refractivity contribution in [1.29, 1.82) is 5.26 Å². The molecule has 254 valence electrons. The van der Waals surface area contributed by atoms with E-state index in [9.17, 15) is 10.1 Å². The van der Waals surface area contributed by atoms with Crippen molar-refractivity contribution in [2.45, 2.75) is 44.3 Å². The molecule has 3 aliphatic heterocycles. The van der Waals surface area contributed by atoms with Gasteiger partial charge < -0.3 is 20.1 Å². The topological polar surface area (TPSA) is 139 Å². The number of rotatable bonds is 7. The number of para-hydroxylation sites is 1. The van der Waals surface area contributed by atoms with E-state index >= 15 is 4.39 Å². The highest BCUT2D eigenvalue weighted by molar-refractivity contribution is 5.99. The van der Waals surface area contributed by atoms with E-state index in [-0.39, 0.29) is 28.9 Å². The molecule has 5 heterocycles. The van der Waals surface area contributed by atoms with Crippen molar-refractivity contribution >= 4 is 22.8 Å². The zero-order chi connectivity index (χ0) is 34.1. The smallest absolute Gasteiger partial charge is 0.264 e. The summed E-state index contributed by atoms with van der Waals surface area (Å²) in [6.07, 6.45) is 4.57. The molecule has 0 saturated carbocycles. The molecule has 2 aromatic carbocycles. The number of hydrogen-bond donors (Lipinski definition) is 1. The summed E-state index contributed by atoms with van der Waals surface area (Å²) in [6, 6.07) is 16.0. The average molecular weight is 666 g/mol. The number of anilines is 1. The van der Waals surface area contributed by atoms with Crippen LogP contribution >= 0.6 is 0 Å². The van der Waals surface area contributed by atoms with Crippen molar-refractivity contribution in [2.24, 2.45) is 0 Å². The monoisotopic (exact) mass is 665 g/mol. The highest BCUT2D eigenvalue weighted by atomic mass is 19.1. The summed E-state index contributed by atoms with van der Waals surface area (Å²) in [7, 11) is 0. The standard InChI is InChI=1S/C36H40FN9O3/c1-36(2,45-14-13-43-15-16-48-22-26(43)21-45)18-24(19-38)35(47)44-12-6-7-25(20-44)46-34-31(33(39)40-23-41-34)32(42-46)29-11-10-28(17-30(29)37)49-27-8-4-3-5-9-27/h3-5,8-11,17-18,23,25-26H,6-7,12-16,20-22H2,1-2H3,(H2,39,40,41)/b24-18-/t25-,26-/m0/s1. The molecule has 2 atom stereocenters. The number of likely N-dealkylation sites (tertiary alicyclic amines) is 1. The summed E-state index contributed by atoms with van der Waals surface area (Å²) in [6.45, 7) is 9.89. The summed E-state index contributed by atoms with van der Waals surface area (Å²) in [5, 5.41) is 15.5. The van der Waals surface area contributed by atoms with Crippen LogP contribution < -0.4 is 10.5 Å². The van der Waals surface area contributed by atoms with Crippen LogP contribution in [0.3, 0.4) is 0 Å². The molecule has 2 aromatic heterocycles. The Morgan fingerprint density at radius 3 is 2.71 bits per heavy atom. The first kappa shape index (κ1) is 32.6. The molecule has 12 nitrogen and oxygen atoms in total. The molecular formula is C36H40FN9O3. The van der Waals surface area contributed by atoms with Crippen LogP contribution in [0.15, 0.2) is 66.5 Å². The Morgan fingerprint density at radius 1 is 1.08 bits per heavy atom. The lowest BCUT2D eigenvalue weighted by molar-refractivity contribution is -0.128. The van der Waals surface area contributed by atoms with Crippen LogP contribution in [0.25, 0.3) is 22.3 Å². The van der Waals surface area contributed by atoms with Gasteiger partial charge in [0.2, 0.25) is 0 Å². The lowest BCUT2D eigenvalue weighted by atomic mass is 9.95. The number of benzene rings is 2. The van der Waals surface area contributed by atoms with Crippen molar-refractivity contribution in [2.75, 3.05) is 58.2 Å². The maximum Gasteiger partial charge on any atom is 0.264 e. The van der Waals surface area contributed by atoms with Gasteiger partial charge in [-0.15, -0.1) is 0 Å². The first-order chi connectivity index (χ1) is 23.7. The number of carbonyl (C=O) groups is 1. The molecule has 7 rings (SSSR count). The van der Waals surface area contributed by atoms with Gasteiger partial charge in [0, 0.05) is 62.5 Å². The minimum absolute atomic E-state index is 0.116. The van der Waals surface area contributed by atoms with E-state index in [4.69, 9.17) is 20.3 Å². The van der Waals surface area contributed by atoms with Gasteiger partial charge in [0.15, 0.2) is 5.65 Å². The number of nitrogens with two attached hydrogens (primary N) is 1. The summed E-state index contributed by atoms with van der Waals surface area (Å²) >= 11 is 0. The molecule has 49 heavy (non-hydrogen) atoms. The molecule has 3 aliphatic rings. The van der Waals surface area contributed by atoms with E-state index in [1.165, 1.54) is 12.4 Å².